The summed E-state index contributed by atoms with van der Waals surface area (Å²) in [5, 5.41) is 0.395. The number of aldehydes is 1. The van der Waals surface area contributed by atoms with Crippen LogP contribution in [-0.4, -0.2) is 31.4 Å². The van der Waals surface area contributed by atoms with Crippen LogP contribution in [0.1, 0.15) is 41.4 Å². The van der Waals surface area contributed by atoms with Crippen molar-refractivity contribution in [2.24, 2.45) is 0 Å². The number of alkyl halides is 3. The molecule has 1 aromatic rings. The van der Waals surface area contributed by atoms with Crippen LogP contribution in [0.5, 0.6) is 0 Å². The Morgan fingerprint density at radius 1 is 1.50 bits per heavy atom. The van der Waals surface area contributed by atoms with Crippen LogP contribution in [-0.2, 0) is 15.7 Å². The summed E-state index contributed by atoms with van der Waals surface area (Å²) in [7, 11) is 0. The molecule has 0 aromatic carbocycles. The van der Waals surface area contributed by atoms with Crippen LogP contribution >= 0.6 is 11.3 Å². The standard InChI is InChI=1S/C14H16F3NO3S/c1-9(20)21-8-10-4-2-3-5-18(10)13-6-11(14(15,16)17)12(7-19)22-13/h6-7,10H,2-5,8H2,1H3. The highest BCUT2D eigenvalue weighted by atomic mass is 32.1. The monoisotopic (exact) mass is 335 g/mol. The number of nitrogens with zero attached hydrogens (tertiary/aromatic N) is 1. The van der Waals surface area contributed by atoms with Crippen LogP contribution in [0.4, 0.5) is 18.2 Å². The van der Waals surface area contributed by atoms with Gasteiger partial charge in [-0.25, -0.2) is 0 Å². The minimum atomic E-state index is -4.55. The molecule has 0 aliphatic carbocycles. The molecule has 122 valence electrons. The van der Waals surface area contributed by atoms with Crippen LogP contribution in [0, 0.1) is 0 Å². The molecular formula is C14H16F3NO3S. The minimum Gasteiger partial charge on any atom is -0.464 e. The number of carbonyl (C=O) groups is 2. The Hall–Kier alpha value is -1.57. The second kappa shape index (κ2) is 6.68. The van der Waals surface area contributed by atoms with Crippen molar-refractivity contribution in [2.75, 3.05) is 18.1 Å². The van der Waals surface area contributed by atoms with Crippen LogP contribution in [0.3, 0.4) is 0 Å². The lowest BCUT2D eigenvalue weighted by Gasteiger charge is -2.36. The predicted molar refractivity (Wildman–Crippen MR) is 76.3 cm³/mol. The highest BCUT2D eigenvalue weighted by molar-refractivity contribution is 7.17. The molecule has 1 aliphatic rings. The summed E-state index contributed by atoms with van der Waals surface area (Å²) in [5.74, 6) is -0.415. The average Bonchev–Trinajstić information content (AvgIpc) is 2.89. The van der Waals surface area contributed by atoms with Crippen molar-refractivity contribution in [3.05, 3.63) is 16.5 Å². The first-order valence-electron chi connectivity index (χ1n) is 6.89. The van der Waals surface area contributed by atoms with Gasteiger partial charge in [-0.15, -0.1) is 11.3 Å². The van der Waals surface area contributed by atoms with Gasteiger partial charge in [-0.05, 0) is 25.3 Å². The molecule has 1 aromatic heterocycles. The van der Waals surface area contributed by atoms with Crippen molar-refractivity contribution in [1.29, 1.82) is 0 Å². The van der Waals surface area contributed by atoms with Crippen LogP contribution < -0.4 is 4.90 Å². The van der Waals surface area contributed by atoms with E-state index >= 15 is 0 Å². The van der Waals surface area contributed by atoms with Crippen molar-refractivity contribution in [1.82, 2.24) is 0 Å². The van der Waals surface area contributed by atoms with Crippen LogP contribution in [0.25, 0.3) is 0 Å². The zero-order valence-electron chi connectivity index (χ0n) is 12.0. The molecule has 0 saturated carbocycles. The van der Waals surface area contributed by atoms with Gasteiger partial charge in [0.05, 0.1) is 21.5 Å². The maximum absolute atomic E-state index is 12.9. The van der Waals surface area contributed by atoms with Gasteiger partial charge in [0, 0.05) is 13.5 Å². The highest BCUT2D eigenvalue weighted by Crippen LogP contribution is 2.41. The van der Waals surface area contributed by atoms with E-state index in [1.54, 1.807) is 4.90 Å². The number of piperidine rings is 1. The van der Waals surface area contributed by atoms with Crippen LogP contribution in [0.2, 0.25) is 0 Å². The minimum absolute atomic E-state index is 0.144. The number of ether oxygens (including phenoxy) is 1. The molecule has 0 N–H and O–H groups in total. The van der Waals surface area contributed by atoms with Crippen molar-refractivity contribution in [3.8, 4) is 0 Å². The fourth-order valence-electron chi connectivity index (χ4n) is 2.52. The van der Waals surface area contributed by atoms with Crippen LogP contribution in [0.15, 0.2) is 6.07 Å². The molecule has 0 bridgehead atoms. The normalized spacial score (nSPS) is 19.1. The number of halogens is 3. The Morgan fingerprint density at radius 2 is 2.23 bits per heavy atom. The van der Waals surface area contributed by atoms with Gasteiger partial charge in [0.25, 0.3) is 0 Å². The smallest absolute Gasteiger partial charge is 0.417 e. The zero-order chi connectivity index (χ0) is 16.3. The Morgan fingerprint density at radius 3 is 2.77 bits per heavy atom. The molecule has 2 rings (SSSR count). The van der Waals surface area contributed by atoms with E-state index in [0.29, 0.717) is 11.5 Å². The first-order valence-corrected chi connectivity index (χ1v) is 7.70. The van der Waals surface area contributed by atoms with E-state index in [2.05, 4.69) is 0 Å². The summed E-state index contributed by atoms with van der Waals surface area (Å²) < 4.78 is 43.8. The Kier molecular flexibility index (Phi) is 5.10. The lowest BCUT2D eigenvalue weighted by molar-refractivity contribution is -0.141. The summed E-state index contributed by atoms with van der Waals surface area (Å²) in [6.45, 7) is 2.03. The van der Waals surface area contributed by atoms with E-state index in [1.165, 1.54) is 6.92 Å². The zero-order valence-corrected chi connectivity index (χ0v) is 12.8. The lowest BCUT2D eigenvalue weighted by atomic mass is 10.0. The number of hydrogen-bond acceptors (Lipinski definition) is 5. The lowest BCUT2D eigenvalue weighted by Crippen LogP contribution is -2.42. The molecule has 0 radical (unpaired) electrons. The number of carbonyl (C=O) groups excluding carboxylic acids is 2. The summed E-state index contributed by atoms with van der Waals surface area (Å²) in [6.07, 6.45) is -1.79. The molecular weight excluding hydrogens is 319 g/mol. The summed E-state index contributed by atoms with van der Waals surface area (Å²) >= 11 is 0.828. The van der Waals surface area contributed by atoms with Crippen molar-refractivity contribution in [3.63, 3.8) is 0 Å². The van der Waals surface area contributed by atoms with Gasteiger partial charge in [-0.2, -0.15) is 13.2 Å². The van der Waals surface area contributed by atoms with Crippen molar-refractivity contribution >= 4 is 28.6 Å². The first kappa shape index (κ1) is 16.8. The molecule has 2 heterocycles. The van der Waals surface area contributed by atoms with Gasteiger partial charge >= 0.3 is 12.1 Å². The van der Waals surface area contributed by atoms with Gasteiger partial charge in [-0.1, -0.05) is 0 Å². The summed E-state index contributed by atoms with van der Waals surface area (Å²) in [6, 6.07) is 0.859. The summed E-state index contributed by atoms with van der Waals surface area (Å²) in [5.41, 5.74) is -0.903. The summed E-state index contributed by atoms with van der Waals surface area (Å²) in [4.78, 5) is 23.3. The van der Waals surface area contributed by atoms with E-state index in [1.807, 2.05) is 0 Å². The number of thiophene rings is 1. The molecule has 1 unspecified atom stereocenters. The van der Waals surface area contributed by atoms with Gasteiger partial charge in [0.1, 0.15) is 6.61 Å². The van der Waals surface area contributed by atoms with Gasteiger partial charge in [0.2, 0.25) is 0 Å². The second-order valence-electron chi connectivity index (χ2n) is 5.12. The maximum Gasteiger partial charge on any atom is 0.417 e. The van der Waals surface area contributed by atoms with Crippen molar-refractivity contribution < 1.29 is 27.5 Å². The molecule has 1 aliphatic heterocycles. The number of esters is 1. The largest absolute Gasteiger partial charge is 0.464 e. The predicted octanol–water partition coefficient (Wildman–Crippen LogP) is 3.50. The molecule has 22 heavy (non-hydrogen) atoms. The maximum atomic E-state index is 12.9. The molecule has 1 atom stereocenters. The second-order valence-corrected chi connectivity index (χ2v) is 6.19. The quantitative estimate of drug-likeness (QED) is 0.624. The SMILES string of the molecule is CC(=O)OCC1CCCCN1c1cc(C(F)(F)F)c(C=O)s1. The van der Waals surface area contributed by atoms with Gasteiger partial charge in [-0.3, -0.25) is 9.59 Å². The fraction of sp³-hybridized carbons (Fsp3) is 0.571. The van der Waals surface area contributed by atoms with E-state index in [-0.39, 0.29) is 23.8 Å². The molecule has 4 nitrogen and oxygen atoms in total. The van der Waals surface area contributed by atoms with Gasteiger partial charge < -0.3 is 9.64 Å². The fourth-order valence-corrected chi connectivity index (χ4v) is 3.61. The molecule has 8 heteroatoms. The van der Waals surface area contributed by atoms with E-state index < -0.39 is 17.7 Å². The van der Waals surface area contributed by atoms with E-state index in [4.69, 9.17) is 4.74 Å². The Balaban J connectivity index is 2.25. The molecule has 0 amide bonds. The third kappa shape index (κ3) is 3.79. The molecule has 0 spiro atoms. The number of rotatable bonds is 4. The molecule has 1 saturated heterocycles. The Bertz CT molecular complexity index is 556. The van der Waals surface area contributed by atoms with Crippen molar-refractivity contribution in [2.45, 2.75) is 38.4 Å². The average molecular weight is 335 g/mol. The Labute approximate surface area is 129 Å². The molecule has 1 fully saturated rings. The van der Waals surface area contributed by atoms with Gasteiger partial charge in [0.15, 0.2) is 6.29 Å². The highest BCUT2D eigenvalue weighted by Gasteiger charge is 2.37. The number of anilines is 1. The first-order chi connectivity index (χ1) is 10.3. The third-order valence-electron chi connectivity index (χ3n) is 3.55. The number of hydrogen-bond donors (Lipinski definition) is 0. The third-order valence-corrected chi connectivity index (χ3v) is 4.65. The topological polar surface area (TPSA) is 46.6 Å². The van der Waals surface area contributed by atoms with E-state index in [9.17, 15) is 22.8 Å². The van der Waals surface area contributed by atoms with E-state index in [0.717, 1.165) is 36.7 Å².